The summed E-state index contributed by atoms with van der Waals surface area (Å²) in [5.74, 6) is 0. The van der Waals surface area contributed by atoms with Gasteiger partial charge in [0.2, 0.25) is 10.0 Å². The molecular weight excluding hydrogens is 262 g/mol. The largest absolute Gasteiger partial charge is 0.354 e. The molecule has 0 aromatic carbocycles. The van der Waals surface area contributed by atoms with E-state index in [2.05, 4.69) is 35.3 Å². The fraction of sp³-hybridized carbons (Fsp3) is 0.692. The Bertz CT molecular complexity index is 468. The van der Waals surface area contributed by atoms with Gasteiger partial charge in [-0.2, -0.15) is 0 Å². The van der Waals surface area contributed by atoms with Crippen molar-refractivity contribution in [1.29, 1.82) is 0 Å². The molecule has 1 heterocycles. The van der Waals surface area contributed by atoms with Gasteiger partial charge < -0.3 is 9.88 Å². The summed E-state index contributed by atoms with van der Waals surface area (Å²) in [5.41, 5.74) is 1.26. The van der Waals surface area contributed by atoms with Crippen molar-refractivity contribution < 1.29 is 8.42 Å². The van der Waals surface area contributed by atoms with Crippen molar-refractivity contribution in [2.45, 2.75) is 33.4 Å². The van der Waals surface area contributed by atoms with E-state index < -0.39 is 10.0 Å². The van der Waals surface area contributed by atoms with Crippen LogP contribution in [0.1, 0.15) is 25.8 Å². The molecule has 1 N–H and O–H groups in total. The van der Waals surface area contributed by atoms with Crippen molar-refractivity contribution in [2.75, 3.05) is 25.9 Å². The lowest BCUT2D eigenvalue weighted by Crippen LogP contribution is -2.32. The van der Waals surface area contributed by atoms with Crippen LogP contribution in [0.3, 0.4) is 0 Å². The van der Waals surface area contributed by atoms with Gasteiger partial charge in [-0.25, -0.2) is 12.7 Å². The molecule has 1 rings (SSSR count). The molecule has 110 valence electrons. The number of rotatable bonds is 9. The van der Waals surface area contributed by atoms with Crippen LogP contribution in [-0.2, 0) is 23.1 Å². The second-order valence-electron chi connectivity index (χ2n) is 4.64. The molecule has 0 aliphatic heterocycles. The van der Waals surface area contributed by atoms with Gasteiger partial charge in [-0.1, -0.05) is 6.92 Å². The second kappa shape index (κ2) is 7.67. The van der Waals surface area contributed by atoms with Crippen LogP contribution in [0.2, 0.25) is 0 Å². The van der Waals surface area contributed by atoms with Gasteiger partial charge in [-0.05, 0) is 31.5 Å². The van der Waals surface area contributed by atoms with Gasteiger partial charge in [-0.3, -0.25) is 0 Å². The number of sulfonamides is 1. The first-order valence-corrected chi connectivity index (χ1v) is 8.62. The number of aromatic nitrogens is 1. The molecule has 0 aliphatic rings. The highest BCUT2D eigenvalue weighted by Crippen LogP contribution is 2.01. The molecule has 0 bridgehead atoms. The fourth-order valence-corrected chi connectivity index (χ4v) is 2.89. The summed E-state index contributed by atoms with van der Waals surface area (Å²) in [5, 5.41) is 3.34. The van der Waals surface area contributed by atoms with Crippen molar-refractivity contribution in [1.82, 2.24) is 14.2 Å². The predicted molar refractivity (Wildman–Crippen MR) is 78.5 cm³/mol. The smallest absolute Gasteiger partial charge is 0.211 e. The Labute approximate surface area is 116 Å². The van der Waals surface area contributed by atoms with Crippen LogP contribution >= 0.6 is 0 Å². The number of aryl methyl sites for hydroxylation is 1. The molecule has 5 nitrogen and oxygen atoms in total. The summed E-state index contributed by atoms with van der Waals surface area (Å²) in [4.78, 5) is 0. The maximum absolute atomic E-state index is 11.4. The second-order valence-corrected chi connectivity index (χ2v) is 6.62. The Hall–Kier alpha value is -0.850. The van der Waals surface area contributed by atoms with Gasteiger partial charge in [0.25, 0.3) is 0 Å². The first-order chi connectivity index (χ1) is 8.97. The topological polar surface area (TPSA) is 54.3 Å². The van der Waals surface area contributed by atoms with Gasteiger partial charge in [0.1, 0.15) is 0 Å². The molecule has 0 saturated heterocycles. The number of hydrogen-bond acceptors (Lipinski definition) is 3. The summed E-state index contributed by atoms with van der Waals surface area (Å²) in [6.45, 7) is 7.74. The van der Waals surface area contributed by atoms with E-state index in [1.807, 2.05) is 6.92 Å². The highest BCUT2D eigenvalue weighted by molar-refractivity contribution is 7.88. The summed E-state index contributed by atoms with van der Waals surface area (Å²) in [7, 11) is -3.05. The van der Waals surface area contributed by atoms with E-state index in [-0.39, 0.29) is 0 Å². The standard InChI is InChI=1S/C13H25N3O2S/c1-4-15-10-7-13(12-15)11-14-8-6-9-16(5-2)19(3,17)18/h7,10,12,14H,4-6,8-9,11H2,1-3H3. The van der Waals surface area contributed by atoms with Gasteiger partial charge in [-0.15, -0.1) is 0 Å². The number of hydrogen-bond donors (Lipinski definition) is 1. The van der Waals surface area contributed by atoms with E-state index in [9.17, 15) is 8.42 Å². The van der Waals surface area contributed by atoms with Crippen molar-refractivity contribution in [2.24, 2.45) is 0 Å². The molecule has 6 heteroatoms. The van der Waals surface area contributed by atoms with Gasteiger partial charge in [0, 0.05) is 38.6 Å². The molecule has 1 aromatic heterocycles. The minimum Gasteiger partial charge on any atom is -0.354 e. The van der Waals surface area contributed by atoms with E-state index in [0.717, 1.165) is 26.1 Å². The monoisotopic (exact) mass is 287 g/mol. The first-order valence-electron chi connectivity index (χ1n) is 6.77. The minimum absolute atomic E-state index is 0.540. The predicted octanol–water partition coefficient (Wildman–Crippen LogP) is 1.27. The van der Waals surface area contributed by atoms with E-state index in [1.165, 1.54) is 16.1 Å². The van der Waals surface area contributed by atoms with Crippen molar-refractivity contribution >= 4 is 10.0 Å². The zero-order valence-corrected chi connectivity index (χ0v) is 12.9. The van der Waals surface area contributed by atoms with Crippen LogP contribution < -0.4 is 5.32 Å². The van der Waals surface area contributed by atoms with Crippen LogP contribution in [0, 0.1) is 0 Å². The Kier molecular flexibility index (Phi) is 6.54. The van der Waals surface area contributed by atoms with Crippen molar-refractivity contribution in [3.63, 3.8) is 0 Å². The van der Waals surface area contributed by atoms with Crippen molar-refractivity contribution in [3.8, 4) is 0 Å². The van der Waals surface area contributed by atoms with Gasteiger partial charge in [0.05, 0.1) is 6.26 Å². The molecule has 1 aromatic rings. The minimum atomic E-state index is -3.05. The van der Waals surface area contributed by atoms with Crippen molar-refractivity contribution in [3.05, 3.63) is 24.0 Å². The molecule has 0 saturated carbocycles. The molecule has 0 aliphatic carbocycles. The van der Waals surface area contributed by atoms with E-state index in [0.29, 0.717) is 13.1 Å². The molecule has 0 atom stereocenters. The van der Waals surface area contributed by atoms with Crippen LogP contribution in [0.4, 0.5) is 0 Å². The lowest BCUT2D eigenvalue weighted by atomic mass is 10.3. The van der Waals surface area contributed by atoms with E-state index >= 15 is 0 Å². The molecule has 0 fully saturated rings. The maximum Gasteiger partial charge on any atom is 0.211 e. The van der Waals surface area contributed by atoms with E-state index in [1.54, 1.807) is 0 Å². The fourth-order valence-electron chi connectivity index (χ4n) is 1.96. The Balaban J connectivity index is 2.20. The first kappa shape index (κ1) is 16.2. The maximum atomic E-state index is 11.4. The SMILES string of the molecule is CCN(CCCNCc1ccn(CC)c1)S(C)(=O)=O. The Morgan fingerprint density at radius 3 is 2.63 bits per heavy atom. The highest BCUT2D eigenvalue weighted by Gasteiger charge is 2.12. The quantitative estimate of drug-likeness (QED) is 0.696. The average molecular weight is 287 g/mol. The zero-order valence-electron chi connectivity index (χ0n) is 12.1. The van der Waals surface area contributed by atoms with E-state index in [4.69, 9.17) is 0 Å². The lowest BCUT2D eigenvalue weighted by Gasteiger charge is -2.17. The third kappa shape index (κ3) is 5.76. The lowest BCUT2D eigenvalue weighted by molar-refractivity contribution is 0.419. The summed E-state index contributed by atoms with van der Waals surface area (Å²) < 4.78 is 26.4. The average Bonchev–Trinajstić information content (AvgIpc) is 2.80. The van der Waals surface area contributed by atoms with Crippen LogP contribution in [0.5, 0.6) is 0 Å². The molecule has 19 heavy (non-hydrogen) atoms. The Morgan fingerprint density at radius 1 is 1.37 bits per heavy atom. The molecule has 0 spiro atoms. The third-order valence-electron chi connectivity index (χ3n) is 3.09. The molecule has 0 unspecified atom stereocenters. The Morgan fingerprint density at radius 2 is 2.11 bits per heavy atom. The number of nitrogens with zero attached hydrogens (tertiary/aromatic N) is 2. The summed E-state index contributed by atoms with van der Waals surface area (Å²) in [6.07, 6.45) is 6.29. The third-order valence-corrected chi connectivity index (χ3v) is 4.47. The zero-order chi connectivity index (χ0) is 14.3. The molecular formula is C13H25N3O2S. The molecule has 0 amide bonds. The molecule has 0 radical (unpaired) electrons. The highest BCUT2D eigenvalue weighted by atomic mass is 32.2. The van der Waals surface area contributed by atoms with Crippen LogP contribution in [0.15, 0.2) is 18.5 Å². The summed E-state index contributed by atoms with van der Waals surface area (Å²) >= 11 is 0. The normalized spacial score (nSPS) is 12.2. The van der Waals surface area contributed by atoms with Crippen LogP contribution in [0.25, 0.3) is 0 Å². The van der Waals surface area contributed by atoms with Gasteiger partial charge in [0.15, 0.2) is 0 Å². The number of nitrogens with one attached hydrogen (secondary N) is 1. The van der Waals surface area contributed by atoms with Crippen LogP contribution in [-0.4, -0.2) is 43.2 Å². The summed E-state index contributed by atoms with van der Waals surface area (Å²) in [6, 6.07) is 2.10. The van der Waals surface area contributed by atoms with Gasteiger partial charge >= 0.3 is 0 Å².